The van der Waals surface area contributed by atoms with Crippen molar-refractivity contribution in [1.29, 1.82) is 5.26 Å². The first kappa shape index (κ1) is 15.0. The summed E-state index contributed by atoms with van der Waals surface area (Å²) in [6.45, 7) is 0. The number of halogens is 1. The lowest BCUT2D eigenvalue weighted by Crippen LogP contribution is -2.01. The van der Waals surface area contributed by atoms with Gasteiger partial charge < -0.3 is 0 Å². The van der Waals surface area contributed by atoms with Crippen LogP contribution in [-0.2, 0) is 0 Å². The highest BCUT2D eigenvalue weighted by atomic mass is 79.9. The Bertz CT molecular complexity index is 725. The quantitative estimate of drug-likeness (QED) is 0.349. The molecule has 21 heavy (non-hydrogen) atoms. The molecule has 0 atom stereocenters. The van der Waals surface area contributed by atoms with E-state index in [1.54, 1.807) is 30.3 Å². The van der Waals surface area contributed by atoms with Gasteiger partial charge in [0.1, 0.15) is 11.6 Å². The van der Waals surface area contributed by atoms with Crippen LogP contribution in [0.1, 0.15) is 15.9 Å². The zero-order valence-electron chi connectivity index (χ0n) is 11.2. The van der Waals surface area contributed by atoms with Crippen molar-refractivity contribution in [2.24, 2.45) is 0 Å². The average Bonchev–Trinajstić information content (AvgIpc) is 2.53. The molecular formula is C18H12BrNO. The second-order valence-corrected chi connectivity index (χ2v) is 5.22. The van der Waals surface area contributed by atoms with Crippen LogP contribution in [-0.4, -0.2) is 5.78 Å². The second kappa shape index (κ2) is 7.37. The molecule has 0 bridgehead atoms. The Morgan fingerprint density at radius 3 is 2.14 bits per heavy atom. The molecular weight excluding hydrogens is 326 g/mol. The third-order valence-electron chi connectivity index (χ3n) is 2.79. The summed E-state index contributed by atoms with van der Waals surface area (Å²) in [5, 5.41) is 9.19. The van der Waals surface area contributed by atoms with E-state index in [4.69, 9.17) is 0 Å². The number of nitriles is 1. The molecule has 2 nitrogen and oxygen atoms in total. The first-order valence-corrected chi connectivity index (χ1v) is 7.14. The number of carbonyl (C=O) groups is 1. The van der Waals surface area contributed by atoms with Crippen molar-refractivity contribution < 1.29 is 4.79 Å². The van der Waals surface area contributed by atoms with Gasteiger partial charge in [-0.05, 0) is 17.7 Å². The number of ketones is 1. The SMILES string of the molecule is N#CC(=CC(Br)=Cc1ccccc1)C(=O)c1ccccc1. The fraction of sp³-hybridized carbons (Fsp3) is 0. The molecule has 0 amide bonds. The summed E-state index contributed by atoms with van der Waals surface area (Å²) < 4.78 is 0.675. The molecule has 102 valence electrons. The number of Topliss-reactive ketones (excluding diaryl/α,β-unsaturated/α-hetero) is 1. The Hall–Kier alpha value is -2.44. The van der Waals surface area contributed by atoms with Gasteiger partial charge in [-0.25, -0.2) is 0 Å². The van der Waals surface area contributed by atoms with E-state index in [0.717, 1.165) is 5.56 Å². The number of hydrogen-bond donors (Lipinski definition) is 0. The number of rotatable bonds is 4. The second-order valence-electron chi connectivity index (χ2n) is 4.30. The van der Waals surface area contributed by atoms with Crippen LogP contribution in [0, 0.1) is 11.3 Å². The van der Waals surface area contributed by atoms with Crippen LogP contribution in [0.2, 0.25) is 0 Å². The fourth-order valence-corrected chi connectivity index (χ4v) is 2.27. The average molecular weight is 338 g/mol. The summed E-state index contributed by atoms with van der Waals surface area (Å²) in [6.07, 6.45) is 3.40. The summed E-state index contributed by atoms with van der Waals surface area (Å²) in [5.74, 6) is -0.281. The molecule has 3 heteroatoms. The van der Waals surface area contributed by atoms with Gasteiger partial charge >= 0.3 is 0 Å². The largest absolute Gasteiger partial charge is 0.288 e. The van der Waals surface area contributed by atoms with Crippen LogP contribution < -0.4 is 0 Å². The van der Waals surface area contributed by atoms with Crippen molar-refractivity contribution in [3.05, 3.63) is 87.9 Å². The minimum absolute atomic E-state index is 0.0975. The van der Waals surface area contributed by atoms with Gasteiger partial charge in [-0.2, -0.15) is 5.26 Å². The first-order chi connectivity index (χ1) is 10.2. The van der Waals surface area contributed by atoms with Crippen molar-refractivity contribution in [3.8, 4) is 6.07 Å². The van der Waals surface area contributed by atoms with Gasteiger partial charge in [0, 0.05) is 10.0 Å². The standard InChI is InChI=1S/C18H12BrNO/c19-17(11-14-7-3-1-4-8-14)12-16(13-20)18(21)15-9-5-2-6-10-15/h1-12H. The maximum atomic E-state index is 12.2. The molecule has 0 saturated heterocycles. The Balaban J connectivity index is 2.27. The molecule has 0 spiro atoms. The van der Waals surface area contributed by atoms with Crippen molar-refractivity contribution in [2.75, 3.05) is 0 Å². The third-order valence-corrected chi connectivity index (χ3v) is 3.25. The van der Waals surface area contributed by atoms with Crippen molar-refractivity contribution in [2.45, 2.75) is 0 Å². The normalized spacial score (nSPS) is 11.8. The van der Waals surface area contributed by atoms with Crippen LogP contribution in [0.3, 0.4) is 0 Å². The molecule has 0 aliphatic rings. The predicted octanol–water partition coefficient (Wildman–Crippen LogP) is 4.76. The summed E-state index contributed by atoms with van der Waals surface area (Å²) >= 11 is 3.38. The highest BCUT2D eigenvalue weighted by Crippen LogP contribution is 2.17. The summed E-state index contributed by atoms with van der Waals surface area (Å²) in [6, 6.07) is 20.4. The predicted molar refractivity (Wildman–Crippen MR) is 87.8 cm³/mol. The van der Waals surface area contributed by atoms with Crippen LogP contribution in [0.15, 0.2) is 76.8 Å². The van der Waals surface area contributed by atoms with Crippen LogP contribution in [0.4, 0.5) is 0 Å². The monoisotopic (exact) mass is 337 g/mol. The number of hydrogen-bond acceptors (Lipinski definition) is 2. The van der Waals surface area contributed by atoms with Crippen molar-refractivity contribution >= 4 is 27.8 Å². The van der Waals surface area contributed by atoms with E-state index in [-0.39, 0.29) is 11.4 Å². The van der Waals surface area contributed by atoms with E-state index in [1.165, 1.54) is 0 Å². The lowest BCUT2D eigenvalue weighted by Gasteiger charge is -1.99. The van der Waals surface area contributed by atoms with Crippen LogP contribution >= 0.6 is 15.9 Å². The topological polar surface area (TPSA) is 40.9 Å². The molecule has 0 aliphatic carbocycles. The molecule has 0 radical (unpaired) electrons. The molecule has 2 aromatic rings. The van der Waals surface area contributed by atoms with Gasteiger partial charge in [0.15, 0.2) is 0 Å². The van der Waals surface area contributed by atoms with E-state index in [2.05, 4.69) is 15.9 Å². The lowest BCUT2D eigenvalue weighted by molar-refractivity contribution is 0.103. The smallest absolute Gasteiger partial charge is 0.203 e. The van der Waals surface area contributed by atoms with Gasteiger partial charge in [0.2, 0.25) is 5.78 Å². The van der Waals surface area contributed by atoms with E-state index < -0.39 is 0 Å². The Labute approximate surface area is 132 Å². The van der Waals surface area contributed by atoms with E-state index in [0.29, 0.717) is 10.0 Å². The summed E-state index contributed by atoms with van der Waals surface area (Å²) in [4.78, 5) is 12.2. The van der Waals surface area contributed by atoms with Gasteiger partial charge in [-0.1, -0.05) is 76.6 Å². The van der Waals surface area contributed by atoms with Crippen LogP contribution in [0.5, 0.6) is 0 Å². The molecule has 0 aromatic heterocycles. The minimum atomic E-state index is -0.281. The zero-order chi connectivity index (χ0) is 15.1. The Morgan fingerprint density at radius 2 is 1.57 bits per heavy atom. The molecule has 0 unspecified atom stereocenters. The van der Waals surface area contributed by atoms with Crippen molar-refractivity contribution in [1.82, 2.24) is 0 Å². The third kappa shape index (κ3) is 4.27. The van der Waals surface area contributed by atoms with E-state index in [1.807, 2.05) is 48.5 Å². The highest BCUT2D eigenvalue weighted by molar-refractivity contribution is 9.12. The Morgan fingerprint density at radius 1 is 1.00 bits per heavy atom. The molecule has 0 aliphatic heterocycles. The molecule has 0 saturated carbocycles. The maximum absolute atomic E-state index is 12.2. The van der Waals surface area contributed by atoms with Gasteiger partial charge in [0.25, 0.3) is 0 Å². The fourth-order valence-electron chi connectivity index (χ4n) is 1.78. The lowest BCUT2D eigenvalue weighted by atomic mass is 10.0. The van der Waals surface area contributed by atoms with Crippen molar-refractivity contribution in [3.63, 3.8) is 0 Å². The number of benzene rings is 2. The first-order valence-electron chi connectivity index (χ1n) is 6.34. The molecule has 2 rings (SSSR count). The van der Waals surface area contributed by atoms with Gasteiger partial charge in [0.05, 0.1) is 0 Å². The van der Waals surface area contributed by atoms with Gasteiger partial charge in [-0.3, -0.25) is 4.79 Å². The maximum Gasteiger partial charge on any atom is 0.203 e. The molecule has 0 fully saturated rings. The number of allylic oxidation sites excluding steroid dienone is 3. The Kier molecular flexibility index (Phi) is 5.25. The molecule has 0 N–H and O–H groups in total. The number of nitrogens with zero attached hydrogens (tertiary/aromatic N) is 1. The molecule has 2 aromatic carbocycles. The minimum Gasteiger partial charge on any atom is -0.288 e. The van der Waals surface area contributed by atoms with Gasteiger partial charge in [-0.15, -0.1) is 0 Å². The zero-order valence-corrected chi connectivity index (χ0v) is 12.7. The van der Waals surface area contributed by atoms with E-state index in [9.17, 15) is 10.1 Å². The molecule has 0 heterocycles. The highest BCUT2D eigenvalue weighted by Gasteiger charge is 2.11. The van der Waals surface area contributed by atoms with E-state index >= 15 is 0 Å². The summed E-state index contributed by atoms with van der Waals surface area (Å²) in [7, 11) is 0. The number of carbonyl (C=O) groups excluding carboxylic acids is 1. The van der Waals surface area contributed by atoms with Crippen LogP contribution in [0.25, 0.3) is 6.08 Å². The summed E-state index contributed by atoms with van der Waals surface area (Å²) in [5.41, 5.74) is 1.59.